The maximum Gasteiger partial charge on any atom is 0.340 e. The summed E-state index contributed by atoms with van der Waals surface area (Å²) in [6.07, 6.45) is 6.81. The van der Waals surface area contributed by atoms with E-state index in [1.54, 1.807) is 29.3 Å². The number of nitrogens with zero attached hydrogens (tertiary/aromatic N) is 1. The molecule has 0 aromatic carbocycles. The van der Waals surface area contributed by atoms with E-state index >= 15 is 0 Å². The Bertz CT molecular complexity index is 653. The van der Waals surface area contributed by atoms with Crippen molar-refractivity contribution in [2.24, 2.45) is 0 Å². The Morgan fingerprint density at radius 3 is 2.09 bits per heavy atom. The summed E-state index contributed by atoms with van der Waals surface area (Å²) in [6, 6.07) is 0. The van der Waals surface area contributed by atoms with E-state index in [9.17, 15) is 14.4 Å². The highest BCUT2D eigenvalue weighted by molar-refractivity contribution is 6.13. The number of carbonyl (C=O) groups is 3. The number of methoxy groups -OCH3 is 3. The molecule has 7 nitrogen and oxygen atoms in total. The molecule has 2 aliphatic heterocycles. The third kappa shape index (κ3) is 2.52. The van der Waals surface area contributed by atoms with Crippen LogP contribution in [0.2, 0.25) is 0 Å². The number of carbonyl (C=O) groups excluding carboxylic acids is 3. The second kappa shape index (κ2) is 6.30. The summed E-state index contributed by atoms with van der Waals surface area (Å²) in [5, 5.41) is 0. The highest BCUT2D eigenvalue weighted by atomic mass is 16.5. The zero-order chi connectivity index (χ0) is 16.3. The molecule has 0 saturated heterocycles. The molecule has 0 aromatic heterocycles. The molecule has 0 atom stereocenters. The van der Waals surface area contributed by atoms with Crippen molar-refractivity contribution in [1.29, 1.82) is 0 Å². The largest absolute Gasteiger partial charge is 0.466 e. The Labute approximate surface area is 127 Å². The van der Waals surface area contributed by atoms with Crippen molar-refractivity contribution in [3.05, 3.63) is 46.8 Å². The van der Waals surface area contributed by atoms with E-state index in [0.29, 0.717) is 5.70 Å². The van der Waals surface area contributed by atoms with Crippen LogP contribution >= 0.6 is 0 Å². The van der Waals surface area contributed by atoms with E-state index in [0.717, 1.165) is 0 Å². The fraction of sp³-hybridized carbons (Fsp3) is 0.267. The number of fused-ring (bicyclic) bond motifs is 1. The van der Waals surface area contributed by atoms with Gasteiger partial charge in [-0.3, -0.25) is 0 Å². The van der Waals surface area contributed by atoms with Gasteiger partial charge in [0.25, 0.3) is 0 Å². The maximum atomic E-state index is 12.2. The fourth-order valence-corrected chi connectivity index (χ4v) is 2.30. The first-order valence-electron chi connectivity index (χ1n) is 6.39. The Kier molecular flexibility index (Phi) is 4.45. The van der Waals surface area contributed by atoms with Crippen LogP contribution in [0.3, 0.4) is 0 Å². The molecule has 116 valence electrons. The second-order valence-corrected chi connectivity index (χ2v) is 4.42. The van der Waals surface area contributed by atoms with Gasteiger partial charge in [-0.25, -0.2) is 14.4 Å². The third-order valence-corrected chi connectivity index (χ3v) is 3.29. The molecule has 22 heavy (non-hydrogen) atoms. The first kappa shape index (κ1) is 15.6. The van der Waals surface area contributed by atoms with Crippen LogP contribution in [0.25, 0.3) is 0 Å². The van der Waals surface area contributed by atoms with Crippen molar-refractivity contribution in [1.82, 2.24) is 4.90 Å². The number of allylic oxidation sites excluding steroid dienone is 3. The van der Waals surface area contributed by atoms with E-state index in [4.69, 9.17) is 14.2 Å². The van der Waals surface area contributed by atoms with Crippen molar-refractivity contribution in [2.45, 2.75) is 0 Å². The molecule has 0 bridgehead atoms. The van der Waals surface area contributed by atoms with Crippen LogP contribution in [0.5, 0.6) is 0 Å². The molecular weight excluding hydrogens is 290 g/mol. The van der Waals surface area contributed by atoms with Crippen molar-refractivity contribution < 1.29 is 28.6 Å². The van der Waals surface area contributed by atoms with Gasteiger partial charge in [-0.05, 0) is 12.2 Å². The van der Waals surface area contributed by atoms with Crippen LogP contribution in [0.4, 0.5) is 0 Å². The fourth-order valence-electron chi connectivity index (χ4n) is 2.30. The number of ether oxygens (including phenoxy) is 3. The normalized spacial score (nSPS) is 16.4. The van der Waals surface area contributed by atoms with Crippen LogP contribution in [0.1, 0.15) is 0 Å². The van der Waals surface area contributed by atoms with Gasteiger partial charge < -0.3 is 19.1 Å². The first-order chi connectivity index (χ1) is 10.5. The minimum absolute atomic E-state index is 0.0263. The molecule has 0 aromatic rings. The van der Waals surface area contributed by atoms with Gasteiger partial charge in [-0.15, -0.1) is 0 Å². The van der Waals surface area contributed by atoms with E-state index in [1.165, 1.54) is 21.3 Å². The predicted molar refractivity (Wildman–Crippen MR) is 75.1 cm³/mol. The van der Waals surface area contributed by atoms with E-state index < -0.39 is 17.9 Å². The molecule has 0 saturated carbocycles. The zero-order valence-corrected chi connectivity index (χ0v) is 12.4. The summed E-state index contributed by atoms with van der Waals surface area (Å²) in [7, 11) is 3.57. The number of hydrogen-bond donors (Lipinski definition) is 0. The van der Waals surface area contributed by atoms with Crippen LogP contribution in [0, 0.1) is 0 Å². The summed E-state index contributed by atoms with van der Waals surface area (Å²) in [5.74, 6) is -2.24. The SMILES string of the molecule is COC(=O)C1=C(C(=O)OC)C(C(=O)OC)=C2C=CC=CN2C1. The first-order valence-corrected chi connectivity index (χ1v) is 6.39. The van der Waals surface area contributed by atoms with Crippen molar-refractivity contribution in [3.8, 4) is 0 Å². The zero-order valence-electron chi connectivity index (χ0n) is 12.4. The molecule has 0 fully saturated rings. The molecule has 7 heteroatoms. The molecule has 0 N–H and O–H groups in total. The molecule has 0 radical (unpaired) electrons. The topological polar surface area (TPSA) is 82.1 Å². The molecular formula is C15H15NO6. The van der Waals surface area contributed by atoms with Crippen molar-refractivity contribution in [3.63, 3.8) is 0 Å². The Balaban J connectivity index is 2.73. The van der Waals surface area contributed by atoms with Crippen LogP contribution in [0.15, 0.2) is 46.8 Å². The Hall–Kier alpha value is -2.83. The predicted octanol–water partition coefficient (Wildman–Crippen LogP) is 0.455. The number of esters is 3. The quantitative estimate of drug-likeness (QED) is 0.553. The van der Waals surface area contributed by atoms with Crippen LogP contribution in [-0.4, -0.2) is 50.7 Å². The standard InChI is InChI=1S/C15H15NO6/c1-20-13(17)9-8-16-7-5-4-6-10(16)12(15(19)22-3)11(9)14(18)21-2/h4-7H,8H2,1-3H3. The van der Waals surface area contributed by atoms with Crippen molar-refractivity contribution in [2.75, 3.05) is 27.9 Å². The second-order valence-electron chi connectivity index (χ2n) is 4.42. The lowest BCUT2D eigenvalue weighted by Crippen LogP contribution is -2.35. The van der Waals surface area contributed by atoms with Gasteiger partial charge in [-0.1, -0.05) is 6.08 Å². The molecule has 2 aliphatic rings. The Morgan fingerprint density at radius 2 is 1.50 bits per heavy atom. The monoisotopic (exact) mass is 305 g/mol. The van der Waals surface area contributed by atoms with Gasteiger partial charge >= 0.3 is 17.9 Å². The summed E-state index contributed by atoms with van der Waals surface area (Å²) >= 11 is 0. The van der Waals surface area contributed by atoms with Gasteiger partial charge in [0.15, 0.2) is 0 Å². The third-order valence-electron chi connectivity index (χ3n) is 3.29. The van der Waals surface area contributed by atoms with Crippen LogP contribution in [-0.2, 0) is 28.6 Å². The number of hydrogen-bond acceptors (Lipinski definition) is 7. The highest BCUT2D eigenvalue weighted by Crippen LogP contribution is 2.32. The molecule has 0 unspecified atom stereocenters. The van der Waals surface area contributed by atoms with Crippen LogP contribution < -0.4 is 0 Å². The van der Waals surface area contributed by atoms with Gasteiger partial charge in [0.1, 0.15) is 0 Å². The molecule has 2 heterocycles. The Morgan fingerprint density at radius 1 is 0.909 bits per heavy atom. The van der Waals surface area contributed by atoms with E-state index in [-0.39, 0.29) is 23.3 Å². The minimum atomic E-state index is -0.795. The molecule has 2 rings (SSSR count). The summed E-state index contributed by atoms with van der Waals surface area (Å²) in [5.41, 5.74) is 0.342. The van der Waals surface area contributed by atoms with E-state index in [1.807, 2.05) is 0 Å². The minimum Gasteiger partial charge on any atom is -0.466 e. The number of rotatable bonds is 3. The van der Waals surface area contributed by atoms with Gasteiger partial charge in [-0.2, -0.15) is 0 Å². The maximum absolute atomic E-state index is 12.2. The average Bonchev–Trinajstić information content (AvgIpc) is 2.57. The smallest absolute Gasteiger partial charge is 0.340 e. The molecule has 0 aliphatic carbocycles. The summed E-state index contributed by atoms with van der Waals surface area (Å²) in [4.78, 5) is 37.9. The average molecular weight is 305 g/mol. The summed E-state index contributed by atoms with van der Waals surface area (Å²) < 4.78 is 14.2. The molecule has 0 spiro atoms. The highest BCUT2D eigenvalue weighted by Gasteiger charge is 2.37. The lowest BCUT2D eigenvalue weighted by Gasteiger charge is -2.31. The van der Waals surface area contributed by atoms with Gasteiger partial charge in [0.2, 0.25) is 0 Å². The molecule has 0 amide bonds. The lowest BCUT2D eigenvalue weighted by molar-refractivity contribution is -0.141. The van der Waals surface area contributed by atoms with Gasteiger partial charge in [0, 0.05) is 6.20 Å². The summed E-state index contributed by atoms with van der Waals surface area (Å²) in [6.45, 7) is 0.0910. The van der Waals surface area contributed by atoms with Crippen molar-refractivity contribution >= 4 is 17.9 Å². The lowest BCUT2D eigenvalue weighted by atomic mass is 9.92. The van der Waals surface area contributed by atoms with Gasteiger partial charge in [0.05, 0.1) is 50.3 Å². The van der Waals surface area contributed by atoms with E-state index in [2.05, 4.69) is 0 Å².